The second-order valence-corrected chi connectivity index (χ2v) is 6.13. The van der Waals surface area contributed by atoms with Crippen LogP contribution in [0.3, 0.4) is 0 Å². The van der Waals surface area contributed by atoms with Gasteiger partial charge in [0.05, 0.1) is 5.01 Å². The van der Waals surface area contributed by atoms with Crippen LogP contribution in [-0.2, 0) is 12.8 Å². The number of rotatable bonds is 2. The molecule has 0 aliphatic heterocycles. The van der Waals surface area contributed by atoms with Gasteiger partial charge in [0.25, 0.3) is 0 Å². The summed E-state index contributed by atoms with van der Waals surface area (Å²) in [7, 11) is 0. The molecule has 0 fully saturated rings. The molecule has 1 aliphatic carbocycles. The molecular formula is C15H15NOS. The van der Waals surface area contributed by atoms with Gasteiger partial charge in [-0.15, -0.1) is 11.3 Å². The van der Waals surface area contributed by atoms with Crippen molar-refractivity contribution < 1.29 is 4.79 Å². The Labute approximate surface area is 111 Å². The minimum Gasteiger partial charge on any atom is -0.294 e. The zero-order chi connectivity index (χ0) is 12.5. The summed E-state index contributed by atoms with van der Waals surface area (Å²) >= 11 is 1.70. The van der Waals surface area contributed by atoms with Crippen LogP contribution in [-0.4, -0.2) is 10.8 Å². The SMILES string of the molecule is Cc1ncc(CC2CCc3ccccc3C2=O)s1. The second kappa shape index (κ2) is 4.65. The second-order valence-electron chi connectivity index (χ2n) is 4.81. The van der Waals surface area contributed by atoms with Gasteiger partial charge < -0.3 is 0 Å². The Hall–Kier alpha value is -1.48. The quantitative estimate of drug-likeness (QED) is 0.825. The van der Waals surface area contributed by atoms with Crippen LogP contribution in [0.15, 0.2) is 30.5 Å². The maximum Gasteiger partial charge on any atom is 0.166 e. The normalized spacial score (nSPS) is 18.7. The number of hydrogen-bond acceptors (Lipinski definition) is 3. The van der Waals surface area contributed by atoms with E-state index in [0.717, 1.165) is 29.8 Å². The van der Waals surface area contributed by atoms with Gasteiger partial charge in [0.1, 0.15) is 0 Å². The standard InChI is InChI=1S/C15H15NOS/c1-10-16-9-13(18-10)8-12-7-6-11-4-2-3-5-14(11)15(12)17/h2-5,9,12H,6-8H2,1H3. The molecular weight excluding hydrogens is 242 g/mol. The van der Waals surface area contributed by atoms with Crippen LogP contribution in [0.4, 0.5) is 0 Å². The van der Waals surface area contributed by atoms with Crippen LogP contribution in [0.2, 0.25) is 0 Å². The lowest BCUT2D eigenvalue weighted by Crippen LogP contribution is -2.24. The molecule has 0 saturated heterocycles. The summed E-state index contributed by atoms with van der Waals surface area (Å²) in [5, 5.41) is 1.08. The zero-order valence-corrected chi connectivity index (χ0v) is 11.2. The molecule has 92 valence electrons. The topological polar surface area (TPSA) is 30.0 Å². The molecule has 3 heteroatoms. The molecule has 0 saturated carbocycles. The first-order chi connectivity index (χ1) is 8.74. The molecule has 2 aromatic rings. The number of benzene rings is 1. The molecule has 0 amide bonds. The summed E-state index contributed by atoms with van der Waals surface area (Å²) in [6.07, 6.45) is 4.74. The Morgan fingerprint density at radius 1 is 1.39 bits per heavy atom. The van der Waals surface area contributed by atoms with Crippen LogP contribution >= 0.6 is 11.3 Å². The lowest BCUT2D eigenvalue weighted by Gasteiger charge is -2.22. The first-order valence-corrected chi connectivity index (χ1v) is 7.09. The van der Waals surface area contributed by atoms with Gasteiger partial charge in [0.2, 0.25) is 0 Å². The van der Waals surface area contributed by atoms with Gasteiger partial charge >= 0.3 is 0 Å². The van der Waals surface area contributed by atoms with Crippen LogP contribution in [0.5, 0.6) is 0 Å². The zero-order valence-electron chi connectivity index (χ0n) is 10.3. The summed E-state index contributed by atoms with van der Waals surface area (Å²) in [5.41, 5.74) is 2.13. The third-order valence-electron chi connectivity index (χ3n) is 3.53. The molecule has 0 N–H and O–H groups in total. The Kier molecular flexibility index (Phi) is 3.00. The van der Waals surface area contributed by atoms with Crippen molar-refractivity contribution in [3.8, 4) is 0 Å². The first kappa shape index (κ1) is 11.6. The fourth-order valence-corrected chi connectivity index (χ4v) is 3.47. The maximum atomic E-state index is 12.4. The third-order valence-corrected chi connectivity index (χ3v) is 4.47. The van der Waals surface area contributed by atoms with E-state index in [0.29, 0.717) is 5.78 Å². The lowest BCUT2D eigenvalue weighted by molar-refractivity contribution is 0.0902. The minimum atomic E-state index is 0.139. The van der Waals surface area contributed by atoms with E-state index in [-0.39, 0.29) is 5.92 Å². The predicted octanol–water partition coefficient (Wildman–Crippen LogP) is 3.44. The van der Waals surface area contributed by atoms with Gasteiger partial charge in [-0.05, 0) is 31.7 Å². The van der Waals surface area contributed by atoms with Crippen molar-refractivity contribution in [2.24, 2.45) is 5.92 Å². The number of nitrogens with zero attached hydrogens (tertiary/aromatic N) is 1. The fourth-order valence-electron chi connectivity index (χ4n) is 2.60. The van der Waals surface area contributed by atoms with Crippen molar-refractivity contribution in [1.29, 1.82) is 0 Å². The van der Waals surface area contributed by atoms with Gasteiger partial charge in [-0.2, -0.15) is 0 Å². The molecule has 0 radical (unpaired) electrons. The molecule has 18 heavy (non-hydrogen) atoms. The summed E-state index contributed by atoms with van der Waals surface area (Å²) < 4.78 is 0. The number of hydrogen-bond donors (Lipinski definition) is 0. The monoisotopic (exact) mass is 257 g/mol. The van der Waals surface area contributed by atoms with Crippen LogP contribution in [0.25, 0.3) is 0 Å². The smallest absolute Gasteiger partial charge is 0.166 e. The van der Waals surface area contributed by atoms with E-state index in [1.807, 2.05) is 31.3 Å². The van der Waals surface area contributed by atoms with Crippen molar-refractivity contribution in [3.63, 3.8) is 0 Å². The van der Waals surface area contributed by atoms with Gasteiger partial charge in [-0.1, -0.05) is 24.3 Å². The van der Waals surface area contributed by atoms with E-state index < -0.39 is 0 Å². The molecule has 0 bridgehead atoms. The van der Waals surface area contributed by atoms with Crippen molar-refractivity contribution >= 4 is 17.1 Å². The molecule has 2 nitrogen and oxygen atoms in total. The van der Waals surface area contributed by atoms with E-state index >= 15 is 0 Å². The first-order valence-electron chi connectivity index (χ1n) is 6.27. The summed E-state index contributed by atoms with van der Waals surface area (Å²) in [4.78, 5) is 17.9. The Morgan fingerprint density at radius 3 is 3.00 bits per heavy atom. The minimum absolute atomic E-state index is 0.139. The van der Waals surface area contributed by atoms with Crippen LogP contribution in [0.1, 0.15) is 32.2 Å². The Bertz CT molecular complexity index is 588. The third kappa shape index (κ3) is 2.10. The largest absolute Gasteiger partial charge is 0.294 e. The molecule has 1 aromatic carbocycles. The Balaban J connectivity index is 1.82. The van der Waals surface area contributed by atoms with Crippen molar-refractivity contribution in [3.05, 3.63) is 51.5 Å². The molecule has 0 spiro atoms. The van der Waals surface area contributed by atoms with Gasteiger partial charge in [-0.25, -0.2) is 4.98 Å². The average Bonchev–Trinajstić information content (AvgIpc) is 2.79. The number of ketones is 1. The molecule has 3 rings (SSSR count). The highest BCUT2D eigenvalue weighted by Crippen LogP contribution is 2.29. The highest BCUT2D eigenvalue weighted by Gasteiger charge is 2.27. The molecule has 1 aromatic heterocycles. The van der Waals surface area contributed by atoms with E-state index in [1.54, 1.807) is 11.3 Å². The predicted molar refractivity (Wildman–Crippen MR) is 73.1 cm³/mol. The van der Waals surface area contributed by atoms with Crippen molar-refractivity contribution in [1.82, 2.24) is 4.98 Å². The number of aromatic nitrogens is 1. The van der Waals surface area contributed by atoms with E-state index in [2.05, 4.69) is 11.1 Å². The molecule has 1 aliphatic rings. The number of carbonyl (C=O) groups excluding carboxylic acids is 1. The number of carbonyl (C=O) groups is 1. The number of fused-ring (bicyclic) bond motifs is 1. The van der Waals surface area contributed by atoms with Crippen LogP contribution in [0, 0.1) is 12.8 Å². The van der Waals surface area contributed by atoms with Crippen molar-refractivity contribution in [2.75, 3.05) is 0 Å². The maximum absolute atomic E-state index is 12.4. The fraction of sp³-hybridized carbons (Fsp3) is 0.333. The molecule has 1 unspecified atom stereocenters. The van der Waals surface area contributed by atoms with E-state index in [1.165, 1.54) is 10.4 Å². The van der Waals surface area contributed by atoms with Gasteiger partial charge in [0, 0.05) is 22.6 Å². The van der Waals surface area contributed by atoms with Crippen LogP contribution < -0.4 is 0 Å². The van der Waals surface area contributed by atoms with Crippen molar-refractivity contribution in [2.45, 2.75) is 26.2 Å². The molecule has 1 atom stereocenters. The van der Waals surface area contributed by atoms with E-state index in [9.17, 15) is 4.79 Å². The van der Waals surface area contributed by atoms with Gasteiger partial charge in [-0.3, -0.25) is 4.79 Å². The lowest BCUT2D eigenvalue weighted by atomic mass is 9.81. The summed E-state index contributed by atoms with van der Waals surface area (Å²) in [6, 6.07) is 8.00. The summed E-state index contributed by atoms with van der Waals surface area (Å²) in [5.74, 6) is 0.447. The number of aryl methyl sites for hydroxylation is 2. The van der Waals surface area contributed by atoms with E-state index in [4.69, 9.17) is 0 Å². The molecule has 1 heterocycles. The summed E-state index contributed by atoms with van der Waals surface area (Å²) in [6.45, 7) is 2.01. The Morgan fingerprint density at radius 2 is 2.22 bits per heavy atom. The average molecular weight is 257 g/mol. The highest BCUT2D eigenvalue weighted by atomic mass is 32.1. The highest BCUT2D eigenvalue weighted by molar-refractivity contribution is 7.11. The van der Waals surface area contributed by atoms with Gasteiger partial charge in [0.15, 0.2) is 5.78 Å². The number of thiazole rings is 1. The number of Topliss-reactive ketones (excluding diaryl/α,β-unsaturated/α-hetero) is 1.